The Hall–Kier alpha value is -2.35. The van der Waals surface area contributed by atoms with Gasteiger partial charge in [-0.2, -0.15) is 5.26 Å². The lowest BCUT2D eigenvalue weighted by atomic mass is 9.83. The van der Waals surface area contributed by atoms with Crippen molar-refractivity contribution in [2.75, 3.05) is 37.7 Å². The highest BCUT2D eigenvalue weighted by molar-refractivity contribution is 5.68. The Balaban J connectivity index is 1.70. The Kier molecular flexibility index (Phi) is 4.44. The number of nitrogens with zero attached hydrogens (tertiary/aromatic N) is 3. The quantitative estimate of drug-likeness (QED) is 0.786. The number of hydrogen-bond donors (Lipinski definition) is 0. The lowest BCUT2D eigenvalue weighted by Gasteiger charge is -2.41. The Morgan fingerprint density at radius 1 is 0.960 bits per heavy atom. The van der Waals surface area contributed by atoms with Gasteiger partial charge in [-0.1, -0.05) is 36.4 Å². The largest absolute Gasteiger partial charge is 0.368 e. The van der Waals surface area contributed by atoms with Crippen LogP contribution >= 0.6 is 0 Å². The average Bonchev–Trinajstić information content (AvgIpc) is 2.83. The number of piperidine rings is 1. The van der Waals surface area contributed by atoms with Crippen molar-refractivity contribution in [2.45, 2.75) is 18.4 Å². The Labute approximate surface area is 149 Å². The second-order valence-electron chi connectivity index (χ2n) is 6.78. The highest BCUT2D eigenvalue weighted by Gasteiger charge is 2.41. The van der Waals surface area contributed by atoms with Crippen LogP contribution in [0.5, 0.6) is 0 Å². The van der Waals surface area contributed by atoms with Crippen LogP contribution in [0.15, 0.2) is 54.6 Å². The number of rotatable bonds is 2. The zero-order chi connectivity index (χ0) is 17.1. The molecule has 2 aromatic carbocycles. The van der Waals surface area contributed by atoms with Gasteiger partial charge < -0.3 is 9.64 Å². The topological polar surface area (TPSA) is 39.5 Å². The van der Waals surface area contributed by atoms with Crippen LogP contribution in [0.25, 0.3) is 0 Å². The summed E-state index contributed by atoms with van der Waals surface area (Å²) in [7, 11) is 0. The Morgan fingerprint density at radius 2 is 1.68 bits per heavy atom. The third-order valence-electron chi connectivity index (χ3n) is 5.40. The molecule has 4 heteroatoms. The third-order valence-corrected chi connectivity index (χ3v) is 5.40. The first-order chi connectivity index (χ1) is 12.3. The molecule has 0 aliphatic carbocycles. The van der Waals surface area contributed by atoms with Crippen LogP contribution in [-0.2, 0) is 10.3 Å². The summed E-state index contributed by atoms with van der Waals surface area (Å²) in [5.74, 6) is 0. The Bertz CT molecular complexity index is 760. The normalized spacial score (nSPS) is 19.9. The van der Waals surface area contributed by atoms with Gasteiger partial charge in [0.2, 0.25) is 0 Å². The number of fused-ring (bicyclic) bond motifs is 2. The molecule has 128 valence electrons. The Morgan fingerprint density at radius 3 is 2.44 bits per heavy atom. The first-order valence-corrected chi connectivity index (χ1v) is 8.98. The van der Waals surface area contributed by atoms with Gasteiger partial charge in [0.1, 0.15) is 0 Å². The van der Waals surface area contributed by atoms with Crippen molar-refractivity contribution in [3.63, 3.8) is 0 Å². The van der Waals surface area contributed by atoms with E-state index in [2.05, 4.69) is 70.5 Å². The van der Waals surface area contributed by atoms with Crippen LogP contribution < -0.4 is 4.90 Å². The SMILES string of the molecule is N#CCN1CCC2(CC1)OCCN(c1ccccc1)c1ccccc12. The van der Waals surface area contributed by atoms with Gasteiger partial charge in [-0.15, -0.1) is 0 Å². The fourth-order valence-electron chi connectivity index (χ4n) is 4.09. The maximum Gasteiger partial charge on any atom is 0.0976 e. The number of likely N-dealkylation sites (tertiary alicyclic amines) is 1. The number of para-hydroxylation sites is 2. The first kappa shape index (κ1) is 16.1. The fraction of sp³-hybridized carbons (Fsp3) is 0.381. The van der Waals surface area contributed by atoms with Crippen LogP contribution in [0.1, 0.15) is 18.4 Å². The number of hydrogen-bond acceptors (Lipinski definition) is 4. The van der Waals surface area contributed by atoms with E-state index in [9.17, 15) is 0 Å². The molecule has 0 amide bonds. The maximum atomic E-state index is 8.95. The van der Waals surface area contributed by atoms with E-state index in [1.807, 2.05) is 0 Å². The van der Waals surface area contributed by atoms with Gasteiger partial charge in [-0.25, -0.2) is 0 Å². The van der Waals surface area contributed by atoms with Crippen molar-refractivity contribution in [3.8, 4) is 6.07 Å². The minimum Gasteiger partial charge on any atom is -0.368 e. The van der Waals surface area contributed by atoms with E-state index in [0.29, 0.717) is 13.2 Å². The van der Waals surface area contributed by atoms with Gasteiger partial charge in [0.05, 0.1) is 24.8 Å². The van der Waals surface area contributed by atoms with Crippen molar-refractivity contribution in [1.82, 2.24) is 4.90 Å². The molecule has 25 heavy (non-hydrogen) atoms. The molecule has 0 radical (unpaired) electrons. The van der Waals surface area contributed by atoms with Crippen molar-refractivity contribution in [2.24, 2.45) is 0 Å². The highest BCUT2D eigenvalue weighted by Crippen LogP contribution is 2.44. The fourth-order valence-corrected chi connectivity index (χ4v) is 4.09. The molecule has 0 bridgehead atoms. The minimum atomic E-state index is -0.230. The zero-order valence-electron chi connectivity index (χ0n) is 14.4. The third kappa shape index (κ3) is 3.02. The van der Waals surface area contributed by atoms with Crippen molar-refractivity contribution < 1.29 is 4.74 Å². The number of benzene rings is 2. The summed E-state index contributed by atoms with van der Waals surface area (Å²) in [6, 6.07) is 21.4. The molecule has 1 spiro atoms. The summed E-state index contributed by atoms with van der Waals surface area (Å²) in [5.41, 5.74) is 3.51. The van der Waals surface area contributed by atoms with Crippen molar-refractivity contribution in [3.05, 3.63) is 60.2 Å². The van der Waals surface area contributed by atoms with Crippen molar-refractivity contribution >= 4 is 11.4 Å². The predicted molar refractivity (Wildman–Crippen MR) is 98.8 cm³/mol. The van der Waals surface area contributed by atoms with E-state index in [1.165, 1.54) is 16.9 Å². The molecule has 4 nitrogen and oxygen atoms in total. The van der Waals surface area contributed by atoms with Gasteiger partial charge >= 0.3 is 0 Å². The summed E-state index contributed by atoms with van der Waals surface area (Å²) in [6.07, 6.45) is 1.88. The zero-order valence-corrected chi connectivity index (χ0v) is 14.4. The first-order valence-electron chi connectivity index (χ1n) is 8.98. The smallest absolute Gasteiger partial charge is 0.0976 e. The van der Waals surface area contributed by atoms with Gasteiger partial charge in [0.25, 0.3) is 0 Å². The van der Waals surface area contributed by atoms with Crippen LogP contribution in [0, 0.1) is 11.3 Å². The molecule has 0 aromatic heterocycles. The molecule has 2 heterocycles. The molecule has 4 rings (SSSR count). The van der Waals surface area contributed by atoms with Crippen molar-refractivity contribution in [1.29, 1.82) is 5.26 Å². The lowest BCUT2D eigenvalue weighted by molar-refractivity contribution is -0.0820. The van der Waals surface area contributed by atoms with Gasteiger partial charge in [0.15, 0.2) is 0 Å². The average molecular weight is 333 g/mol. The second-order valence-corrected chi connectivity index (χ2v) is 6.78. The maximum absolute atomic E-state index is 8.95. The van der Waals surface area contributed by atoms with Crippen LogP contribution in [0.2, 0.25) is 0 Å². The van der Waals surface area contributed by atoms with Crippen LogP contribution in [-0.4, -0.2) is 37.7 Å². The molecule has 2 aliphatic rings. The standard InChI is InChI=1S/C21H23N3O/c22-12-15-23-13-10-21(11-14-23)19-8-4-5-9-20(19)24(16-17-25-21)18-6-2-1-3-7-18/h1-9H,10-11,13-17H2. The molecule has 2 aliphatic heterocycles. The van der Waals surface area contributed by atoms with Crippen LogP contribution in [0.3, 0.4) is 0 Å². The number of anilines is 2. The molecule has 1 saturated heterocycles. The predicted octanol–water partition coefficient (Wildman–Crippen LogP) is 3.67. The molecule has 0 atom stereocenters. The lowest BCUT2D eigenvalue weighted by Crippen LogP contribution is -2.44. The number of ether oxygens (including phenoxy) is 1. The molecule has 0 unspecified atom stereocenters. The second kappa shape index (κ2) is 6.87. The monoisotopic (exact) mass is 333 g/mol. The molecule has 2 aromatic rings. The summed E-state index contributed by atoms with van der Waals surface area (Å²) in [4.78, 5) is 4.59. The van der Waals surface area contributed by atoms with E-state index in [1.54, 1.807) is 0 Å². The highest BCUT2D eigenvalue weighted by atomic mass is 16.5. The summed E-state index contributed by atoms with van der Waals surface area (Å²) >= 11 is 0. The van der Waals surface area contributed by atoms with E-state index >= 15 is 0 Å². The summed E-state index contributed by atoms with van der Waals surface area (Å²) in [5, 5.41) is 8.95. The van der Waals surface area contributed by atoms with E-state index in [0.717, 1.165) is 32.5 Å². The van der Waals surface area contributed by atoms with Crippen LogP contribution in [0.4, 0.5) is 11.4 Å². The molecule has 0 saturated carbocycles. The van der Waals surface area contributed by atoms with E-state index in [-0.39, 0.29) is 5.60 Å². The van der Waals surface area contributed by atoms with Gasteiger partial charge in [-0.05, 0) is 31.0 Å². The molecular weight excluding hydrogens is 310 g/mol. The minimum absolute atomic E-state index is 0.230. The van der Waals surface area contributed by atoms with E-state index in [4.69, 9.17) is 10.00 Å². The molecule has 0 N–H and O–H groups in total. The molecule has 1 fully saturated rings. The summed E-state index contributed by atoms with van der Waals surface area (Å²) < 4.78 is 6.48. The van der Waals surface area contributed by atoms with Gasteiger partial charge in [-0.3, -0.25) is 4.90 Å². The van der Waals surface area contributed by atoms with Gasteiger partial charge in [0, 0.05) is 36.6 Å². The molecular formula is C21H23N3O. The van der Waals surface area contributed by atoms with E-state index < -0.39 is 0 Å². The summed E-state index contributed by atoms with van der Waals surface area (Å²) in [6.45, 7) is 3.89. The number of nitriles is 1.